The van der Waals surface area contributed by atoms with Gasteiger partial charge in [-0.05, 0) is 32.4 Å². The molecule has 0 aromatic heterocycles. The number of fused-ring (bicyclic) bond motifs is 1. The van der Waals surface area contributed by atoms with Crippen molar-refractivity contribution in [1.29, 1.82) is 0 Å². The van der Waals surface area contributed by atoms with E-state index in [2.05, 4.69) is 56.4 Å². The van der Waals surface area contributed by atoms with E-state index in [1.54, 1.807) is 0 Å². The minimum atomic E-state index is 0. The van der Waals surface area contributed by atoms with Crippen LogP contribution in [0.1, 0.15) is 27.8 Å². The zero-order valence-electron chi connectivity index (χ0n) is 9.76. The van der Waals surface area contributed by atoms with Gasteiger partial charge in [0.15, 0.2) is 0 Å². The van der Waals surface area contributed by atoms with Crippen LogP contribution in [-0.2, 0) is 0 Å². The van der Waals surface area contributed by atoms with Crippen LogP contribution in [0.3, 0.4) is 0 Å². The summed E-state index contributed by atoms with van der Waals surface area (Å²) in [5, 5.41) is 3.49. The van der Waals surface area contributed by atoms with E-state index in [1.165, 1.54) is 16.8 Å². The Hall–Kier alpha value is -0.950. The molecule has 1 aliphatic heterocycles. The zero-order valence-corrected chi connectivity index (χ0v) is 9.52. The van der Waals surface area contributed by atoms with Crippen molar-refractivity contribution in [2.24, 2.45) is 0 Å². The van der Waals surface area contributed by atoms with Crippen LogP contribution in [0.4, 0.5) is 5.69 Å². The molecule has 14 heavy (non-hydrogen) atoms. The topological polar surface area (TPSA) is 12.0 Å². The van der Waals surface area contributed by atoms with Crippen LogP contribution < -0.4 is 17.7 Å². The van der Waals surface area contributed by atoms with Gasteiger partial charge in [0.2, 0.25) is 0 Å². The maximum absolute atomic E-state index is 3.49. The summed E-state index contributed by atoms with van der Waals surface area (Å²) >= 11 is 0. The largest absolute Gasteiger partial charge is 1.00 e. The number of nitrogens with one attached hydrogen (secondary N) is 1. The second-order valence-corrected chi connectivity index (χ2v) is 4.22. The summed E-state index contributed by atoms with van der Waals surface area (Å²) < 4.78 is 0. The van der Waals surface area contributed by atoms with Crippen molar-refractivity contribution in [1.82, 2.24) is 0 Å². The smallest absolute Gasteiger partial charge is 1.00 e. The van der Waals surface area contributed by atoms with Crippen molar-refractivity contribution in [3.63, 3.8) is 0 Å². The van der Waals surface area contributed by atoms with Gasteiger partial charge in [-0.3, -0.25) is 0 Å². The fourth-order valence-electron chi connectivity index (χ4n) is 1.94. The van der Waals surface area contributed by atoms with Gasteiger partial charge in [0.1, 0.15) is 0 Å². The van der Waals surface area contributed by atoms with Crippen molar-refractivity contribution in [3.8, 4) is 0 Å². The lowest BCUT2D eigenvalue weighted by molar-refractivity contribution is -0.00000303. The predicted octanol–water partition coefficient (Wildman–Crippen LogP) is 0.410. The molecule has 76 valence electrons. The number of halogens is 1. The van der Waals surface area contributed by atoms with Gasteiger partial charge in [-0.15, -0.1) is 0 Å². The van der Waals surface area contributed by atoms with E-state index in [1.807, 2.05) is 0 Å². The number of allylic oxidation sites excluding steroid dienone is 1. The number of para-hydroxylation sites is 1. The van der Waals surface area contributed by atoms with E-state index >= 15 is 0 Å². The molecule has 0 saturated heterocycles. The lowest BCUT2D eigenvalue weighted by atomic mass is 9.91. The Bertz CT molecular complexity index is 372. The van der Waals surface area contributed by atoms with Crippen LogP contribution in [0.5, 0.6) is 0 Å². The Balaban J connectivity index is 0.000000980. The van der Waals surface area contributed by atoms with E-state index < -0.39 is 0 Å². The van der Waals surface area contributed by atoms with Crippen molar-refractivity contribution in [2.75, 3.05) is 5.32 Å². The van der Waals surface area contributed by atoms with Crippen LogP contribution in [0, 0.1) is 0 Å². The number of hydrogen-bond acceptors (Lipinski definition) is 1. The molecule has 1 nitrogen and oxygen atoms in total. The molecule has 0 radical (unpaired) electrons. The lowest BCUT2D eigenvalue weighted by Gasteiger charge is -2.31. The summed E-state index contributed by atoms with van der Waals surface area (Å²) in [4.78, 5) is 0. The van der Waals surface area contributed by atoms with Crippen LogP contribution in [-0.4, -0.2) is 5.54 Å². The summed E-state index contributed by atoms with van der Waals surface area (Å²) in [6.45, 7) is 6.54. The first-order chi connectivity index (χ1) is 6.08. The van der Waals surface area contributed by atoms with Gasteiger partial charge in [0, 0.05) is 11.3 Å². The number of hydrogen-bond donors (Lipinski definition) is 1. The van der Waals surface area contributed by atoms with Crippen LogP contribution >= 0.6 is 0 Å². The molecule has 1 aromatic rings. The zero-order chi connectivity index (χ0) is 9.47. The lowest BCUT2D eigenvalue weighted by Crippen LogP contribution is -3.00. The molecule has 2 heteroatoms. The maximum Gasteiger partial charge on any atom is 1.00 e. The molecular weight excluding hydrogens is 194 g/mol. The molecule has 0 saturated carbocycles. The maximum atomic E-state index is 3.49. The molecule has 0 amide bonds. The molecule has 0 aliphatic carbocycles. The average Bonchev–Trinajstić information content (AvgIpc) is 2.02. The number of anilines is 1. The third-order valence-electron chi connectivity index (χ3n) is 2.39. The van der Waals surface area contributed by atoms with Crippen LogP contribution in [0.2, 0.25) is 0 Å². The fourth-order valence-corrected chi connectivity index (χ4v) is 1.94. The van der Waals surface area contributed by atoms with Crippen molar-refractivity contribution in [3.05, 3.63) is 35.9 Å². The molecule has 0 bridgehead atoms. The van der Waals surface area contributed by atoms with Gasteiger partial charge in [0.25, 0.3) is 0 Å². The SMILES string of the molecule is CC1=CC(C)(C)Nc2ccccc21.[Cl-].[H+]. The van der Waals surface area contributed by atoms with Gasteiger partial charge in [-0.1, -0.05) is 24.3 Å². The highest BCUT2D eigenvalue weighted by Gasteiger charge is 2.21. The molecule has 1 heterocycles. The molecule has 1 aliphatic rings. The Morgan fingerprint density at radius 3 is 2.57 bits per heavy atom. The highest BCUT2D eigenvalue weighted by atomic mass is 35.5. The highest BCUT2D eigenvalue weighted by Crippen LogP contribution is 2.32. The third kappa shape index (κ3) is 1.93. The first-order valence-corrected chi connectivity index (χ1v) is 4.65. The quantitative estimate of drug-likeness (QED) is 0.653. The first-order valence-electron chi connectivity index (χ1n) is 4.65. The van der Waals surface area contributed by atoms with Gasteiger partial charge in [0.05, 0.1) is 5.54 Å². The van der Waals surface area contributed by atoms with E-state index in [9.17, 15) is 0 Å². The Kier molecular flexibility index (Phi) is 2.91. The molecule has 2 rings (SSSR count). The van der Waals surface area contributed by atoms with Crippen LogP contribution in [0.25, 0.3) is 5.57 Å². The van der Waals surface area contributed by atoms with Gasteiger partial charge < -0.3 is 17.7 Å². The van der Waals surface area contributed by atoms with Crippen LogP contribution in [0.15, 0.2) is 30.3 Å². The van der Waals surface area contributed by atoms with Crippen molar-refractivity contribution >= 4 is 11.3 Å². The van der Waals surface area contributed by atoms with E-state index in [4.69, 9.17) is 0 Å². The number of rotatable bonds is 0. The average molecular weight is 210 g/mol. The molecule has 0 atom stereocenters. The number of benzene rings is 1. The standard InChI is InChI=1S/C12H15N.ClH/c1-9-8-12(2,3)13-11-7-5-4-6-10(9)11;/h4-8,13H,1-3H3;1H. The summed E-state index contributed by atoms with van der Waals surface area (Å²) in [5.74, 6) is 0. The third-order valence-corrected chi connectivity index (χ3v) is 2.39. The minimum absolute atomic E-state index is 0. The van der Waals surface area contributed by atoms with Crippen molar-refractivity contribution in [2.45, 2.75) is 26.3 Å². The Morgan fingerprint density at radius 2 is 1.86 bits per heavy atom. The second-order valence-electron chi connectivity index (χ2n) is 4.22. The normalized spacial score (nSPS) is 17.2. The molecule has 1 aromatic carbocycles. The van der Waals surface area contributed by atoms with Crippen molar-refractivity contribution < 1.29 is 13.8 Å². The molecule has 1 N–H and O–H groups in total. The van der Waals surface area contributed by atoms with E-state index in [0.29, 0.717) is 0 Å². The molecule has 0 spiro atoms. The fraction of sp³-hybridized carbons (Fsp3) is 0.333. The molecule has 0 unspecified atom stereocenters. The van der Waals surface area contributed by atoms with E-state index in [-0.39, 0.29) is 19.4 Å². The molecular formula is C12H16ClN. The Labute approximate surface area is 93.1 Å². The summed E-state index contributed by atoms with van der Waals surface area (Å²) in [5.41, 5.74) is 4.01. The second kappa shape index (κ2) is 3.66. The summed E-state index contributed by atoms with van der Waals surface area (Å²) in [6.07, 6.45) is 2.27. The minimum Gasteiger partial charge on any atom is -1.00 e. The van der Waals surface area contributed by atoms with E-state index in [0.717, 1.165) is 0 Å². The Morgan fingerprint density at radius 1 is 1.21 bits per heavy atom. The highest BCUT2D eigenvalue weighted by molar-refractivity contribution is 5.79. The van der Waals surface area contributed by atoms with Gasteiger partial charge in [-0.2, -0.15) is 0 Å². The monoisotopic (exact) mass is 209 g/mol. The molecule has 0 fully saturated rings. The van der Waals surface area contributed by atoms with Gasteiger partial charge in [-0.25, -0.2) is 0 Å². The predicted molar refractivity (Wildman–Crippen MR) is 58.9 cm³/mol. The summed E-state index contributed by atoms with van der Waals surface area (Å²) in [7, 11) is 0. The van der Waals surface area contributed by atoms with Gasteiger partial charge >= 0.3 is 1.43 Å². The first kappa shape index (κ1) is 11.1. The summed E-state index contributed by atoms with van der Waals surface area (Å²) in [6, 6.07) is 8.44.